The van der Waals surface area contributed by atoms with Crippen LogP contribution >= 0.6 is 7.82 Å². The van der Waals surface area contributed by atoms with Gasteiger partial charge in [0.15, 0.2) is 0 Å². The summed E-state index contributed by atoms with van der Waals surface area (Å²) in [6.45, 7) is 4.79. The average Bonchev–Trinajstić information content (AvgIpc) is 3.36. The van der Waals surface area contributed by atoms with Crippen LogP contribution in [0.25, 0.3) is 0 Å². The molecule has 0 spiro atoms. The molecular weight excluding hydrogens is 936 g/mol. The highest BCUT2D eigenvalue weighted by Gasteiger charge is 2.24. The zero-order valence-corrected chi connectivity index (χ0v) is 51.7. The van der Waals surface area contributed by atoms with Crippen LogP contribution in [0, 0.1) is 0 Å². The van der Waals surface area contributed by atoms with E-state index in [1.165, 1.54) is 295 Å². The Morgan fingerprint density at radius 3 is 0.919 bits per heavy atom. The van der Waals surface area contributed by atoms with E-state index in [0.29, 0.717) is 23.9 Å². The maximum atomic E-state index is 13.0. The van der Waals surface area contributed by atoms with E-state index in [-0.39, 0.29) is 19.1 Å². The number of rotatable bonds is 63. The molecule has 0 aliphatic carbocycles. The summed E-state index contributed by atoms with van der Waals surface area (Å²) >= 11 is 0. The maximum Gasteiger partial charge on any atom is 0.268 e. The summed E-state index contributed by atoms with van der Waals surface area (Å²) in [5, 5.41) is 14.1. The highest BCUT2D eigenvalue weighted by atomic mass is 31.2. The van der Waals surface area contributed by atoms with Gasteiger partial charge in [-0.25, -0.2) is 0 Å². The van der Waals surface area contributed by atoms with E-state index in [9.17, 15) is 19.4 Å². The second-order valence-corrected chi connectivity index (χ2v) is 26.0. The number of nitrogens with one attached hydrogen (secondary N) is 1. The molecule has 0 aromatic heterocycles. The summed E-state index contributed by atoms with van der Waals surface area (Å²) in [5.41, 5.74) is 0. The van der Waals surface area contributed by atoms with Gasteiger partial charge in [0.05, 0.1) is 39.9 Å². The molecule has 0 saturated carbocycles. The van der Waals surface area contributed by atoms with E-state index in [1.54, 1.807) is 0 Å². The third-order valence-corrected chi connectivity index (χ3v) is 16.8. The van der Waals surface area contributed by atoms with Crippen molar-refractivity contribution in [2.24, 2.45) is 0 Å². The number of likely N-dealkylation sites (N-methyl/N-ethyl adjacent to an activating group) is 1. The summed E-state index contributed by atoms with van der Waals surface area (Å²) in [7, 11) is 1.33. The molecule has 0 aliphatic rings. The van der Waals surface area contributed by atoms with Crippen molar-refractivity contribution in [2.75, 3.05) is 40.9 Å². The predicted molar refractivity (Wildman–Crippen MR) is 321 cm³/mol. The molecule has 0 aliphatic heterocycles. The average molecular weight is 1070 g/mol. The highest BCUT2D eigenvalue weighted by Crippen LogP contribution is 2.38. The standard InChI is InChI=1S/C65H133N2O6P/c1-6-8-10-12-14-16-18-20-22-24-26-27-28-29-30-31-32-33-34-35-36-37-38-39-41-42-44-46-48-50-52-54-56-58-64(68)63(62-73-74(70,71)72-61-60-67(3,4)5)66-65(69)59-57-55-53-51-49-47-45-43-40-25-23-21-19-17-15-13-11-9-7-2/h63-64,68H,6-62H2,1-5H3,(H-,66,69,70,71). The van der Waals surface area contributed by atoms with Crippen molar-refractivity contribution in [3.63, 3.8) is 0 Å². The van der Waals surface area contributed by atoms with Crippen molar-refractivity contribution >= 4 is 13.7 Å². The van der Waals surface area contributed by atoms with Crippen molar-refractivity contribution in [1.82, 2.24) is 5.32 Å². The van der Waals surface area contributed by atoms with Crippen LogP contribution < -0.4 is 10.2 Å². The lowest BCUT2D eigenvalue weighted by Crippen LogP contribution is -2.46. The topological polar surface area (TPSA) is 108 Å². The molecular formula is C65H133N2O6P. The van der Waals surface area contributed by atoms with Crippen LogP contribution in [0.4, 0.5) is 0 Å². The van der Waals surface area contributed by atoms with Crippen LogP contribution in [0.1, 0.15) is 361 Å². The minimum atomic E-state index is -4.57. The Labute approximate surface area is 463 Å². The molecule has 0 bridgehead atoms. The summed E-state index contributed by atoms with van der Waals surface area (Å²) in [6, 6.07) is -0.796. The fourth-order valence-corrected chi connectivity index (χ4v) is 11.4. The van der Waals surface area contributed by atoms with Gasteiger partial charge in [0.25, 0.3) is 7.82 Å². The molecule has 0 aromatic rings. The van der Waals surface area contributed by atoms with E-state index < -0.39 is 20.0 Å². The molecule has 2 N–H and O–H groups in total. The predicted octanol–water partition coefficient (Wildman–Crippen LogP) is 20.1. The molecule has 0 rings (SSSR count). The second-order valence-electron chi connectivity index (χ2n) is 24.5. The largest absolute Gasteiger partial charge is 0.756 e. The van der Waals surface area contributed by atoms with Gasteiger partial charge in [0.1, 0.15) is 13.2 Å². The number of aliphatic hydroxyl groups excluding tert-OH is 1. The van der Waals surface area contributed by atoms with Crippen LogP contribution in [0.3, 0.4) is 0 Å². The van der Waals surface area contributed by atoms with Crippen molar-refractivity contribution in [2.45, 2.75) is 373 Å². The van der Waals surface area contributed by atoms with Gasteiger partial charge in [0, 0.05) is 6.42 Å². The molecule has 74 heavy (non-hydrogen) atoms. The van der Waals surface area contributed by atoms with E-state index in [1.807, 2.05) is 21.1 Å². The number of phosphoric ester groups is 1. The monoisotopic (exact) mass is 1070 g/mol. The summed E-state index contributed by atoms with van der Waals surface area (Å²) in [6.07, 6.45) is 70.3. The molecule has 8 nitrogen and oxygen atoms in total. The van der Waals surface area contributed by atoms with Gasteiger partial charge >= 0.3 is 0 Å². The molecule has 0 aromatic carbocycles. The molecule has 1 amide bonds. The number of carbonyl (C=O) groups excluding carboxylic acids is 1. The number of hydrogen-bond acceptors (Lipinski definition) is 6. The zero-order valence-electron chi connectivity index (χ0n) is 50.8. The van der Waals surface area contributed by atoms with E-state index in [2.05, 4.69) is 19.2 Å². The van der Waals surface area contributed by atoms with Gasteiger partial charge in [-0.3, -0.25) is 9.36 Å². The lowest BCUT2D eigenvalue weighted by atomic mass is 10.0. The Morgan fingerprint density at radius 2 is 0.662 bits per heavy atom. The lowest BCUT2D eigenvalue weighted by Gasteiger charge is -2.30. The SMILES string of the molecule is CCCCCCCCCCCCCCCCCCCCCCCCCCCCCCCCCCCC(O)C(COP(=O)([O-])OCC[N+](C)(C)C)NC(=O)CCCCCCCCCCCCCCCCCCCCC. The van der Waals surface area contributed by atoms with Gasteiger partial charge in [-0.05, 0) is 12.8 Å². The molecule has 444 valence electrons. The summed E-state index contributed by atoms with van der Waals surface area (Å²) in [5.74, 6) is -0.155. The van der Waals surface area contributed by atoms with Crippen molar-refractivity contribution < 1.29 is 32.9 Å². The van der Waals surface area contributed by atoms with Gasteiger partial charge in [-0.15, -0.1) is 0 Å². The maximum absolute atomic E-state index is 13.0. The zero-order chi connectivity index (χ0) is 54.2. The molecule has 0 radical (unpaired) electrons. The number of hydrogen-bond donors (Lipinski definition) is 2. The Kier molecular flexibility index (Phi) is 56.8. The normalized spacial score (nSPS) is 13.7. The number of amides is 1. The summed E-state index contributed by atoms with van der Waals surface area (Å²) < 4.78 is 23.5. The Balaban J connectivity index is 3.96. The van der Waals surface area contributed by atoms with Crippen LogP contribution in [-0.2, 0) is 18.4 Å². The van der Waals surface area contributed by atoms with Gasteiger partial charge in [-0.2, -0.15) is 0 Å². The van der Waals surface area contributed by atoms with Crippen LogP contribution in [0.5, 0.6) is 0 Å². The number of unbranched alkanes of at least 4 members (excludes halogenated alkanes) is 50. The van der Waals surface area contributed by atoms with E-state index in [4.69, 9.17) is 9.05 Å². The van der Waals surface area contributed by atoms with Gasteiger partial charge in [-0.1, -0.05) is 341 Å². The first-order valence-electron chi connectivity index (χ1n) is 33.4. The Hall–Kier alpha value is -0.500. The van der Waals surface area contributed by atoms with Gasteiger partial charge in [0.2, 0.25) is 5.91 Å². The third kappa shape index (κ3) is 59.2. The fourth-order valence-electron chi connectivity index (χ4n) is 10.6. The molecule has 0 fully saturated rings. The quantitative estimate of drug-likeness (QED) is 0.0357. The van der Waals surface area contributed by atoms with Crippen LogP contribution in [0.2, 0.25) is 0 Å². The smallest absolute Gasteiger partial charge is 0.268 e. The first kappa shape index (κ1) is 73.5. The molecule has 3 atom stereocenters. The number of quaternary nitrogens is 1. The highest BCUT2D eigenvalue weighted by molar-refractivity contribution is 7.45. The number of nitrogens with zero attached hydrogens (tertiary/aromatic N) is 1. The Bertz CT molecular complexity index is 1170. The number of carbonyl (C=O) groups is 1. The minimum Gasteiger partial charge on any atom is -0.756 e. The molecule has 9 heteroatoms. The minimum absolute atomic E-state index is 0.0168. The van der Waals surface area contributed by atoms with Crippen molar-refractivity contribution in [3.8, 4) is 0 Å². The first-order valence-corrected chi connectivity index (χ1v) is 34.8. The van der Waals surface area contributed by atoms with Crippen molar-refractivity contribution in [1.29, 1.82) is 0 Å². The Morgan fingerprint density at radius 1 is 0.419 bits per heavy atom. The molecule has 0 saturated heterocycles. The van der Waals surface area contributed by atoms with Crippen LogP contribution in [0.15, 0.2) is 0 Å². The first-order chi connectivity index (χ1) is 36.0. The van der Waals surface area contributed by atoms with E-state index >= 15 is 0 Å². The van der Waals surface area contributed by atoms with Gasteiger partial charge < -0.3 is 28.8 Å². The van der Waals surface area contributed by atoms with E-state index in [0.717, 1.165) is 38.5 Å². The fraction of sp³-hybridized carbons (Fsp3) is 0.985. The second kappa shape index (κ2) is 57.2. The summed E-state index contributed by atoms with van der Waals surface area (Å²) in [4.78, 5) is 25.6. The molecule has 3 unspecified atom stereocenters. The number of aliphatic hydroxyl groups is 1. The number of phosphoric acid groups is 1. The third-order valence-electron chi connectivity index (χ3n) is 15.8. The molecule has 0 heterocycles. The van der Waals surface area contributed by atoms with Crippen LogP contribution in [-0.4, -0.2) is 68.5 Å². The van der Waals surface area contributed by atoms with Crippen molar-refractivity contribution in [3.05, 3.63) is 0 Å². The lowest BCUT2D eigenvalue weighted by molar-refractivity contribution is -0.870.